The molecule has 15 heavy (non-hydrogen) atoms. The van der Waals surface area contributed by atoms with Crippen molar-refractivity contribution in [3.63, 3.8) is 0 Å². The highest BCUT2D eigenvalue weighted by atomic mass is 32.2. The molecule has 0 aromatic heterocycles. The molecule has 2 N–H and O–H groups in total. The molecule has 0 aliphatic heterocycles. The molecule has 1 aromatic carbocycles. The molecule has 0 amide bonds. The van der Waals surface area contributed by atoms with Crippen molar-refractivity contribution in [2.75, 3.05) is 6.54 Å². The molecule has 0 saturated heterocycles. The van der Waals surface area contributed by atoms with Crippen molar-refractivity contribution in [1.82, 2.24) is 0 Å². The van der Waals surface area contributed by atoms with Crippen LogP contribution in [0.4, 0.5) is 4.39 Å². The first-order chi connectivity index (χ1) is 6.98. The standard InChI is InChI=1S/C10H14FNO2S/c1-8-2-4-9(5-3-8)15(13,14)10(11)6-7-12/h2-5,10H,6-7,12H2,1H3. The Morgan fingerprint density at radius 1 is 1.33 bits per heavy atom. The lowest BCUT2D eigenvalue weighted by atomic mass is 10.2. The van der Waals surface area contributed by atoms with Crippen molar-refractivity contribution < 1.29 is 12.8 Å². The van der Waals surface area contributed by atoms with Crippen molar-refractivity contribution in [2.45, 2.75) is 23.7 Å². The molecule has 84 valence electrons. The average molecular weight is 231 g/mol. The highest BCUT2D eigenvalue weighted by molar-refractivity contribution is 7.91. The molecule has 0 radical (unpaired) electrons. The minimum atomic E-state index is -3.86. The van der Waals surface area contributed by atoms with Gasteiger partial charge in [-0.3, -0.25) is 0 Å². The SMILES string of the molecule is Cc1ccc(S(=O)(=O)C(F)CCN)cc1. The number of benzene rings is 1. The van der Waals surface area contributed by atoms with Gasteiger partial charge in [0, 0.05) is 6.42 Å². The molecule has 1 unspecified atom stereocenters. The summed E-state index contributed by atoms with van der Waals surface area (Å²) in [5, 5.41) is 0. The number of nitrogens with two attached hydrogens (primary N) is 1. The third-order valence-electron chi connectivity index (χ3n) is 2.08. The zero-order chi connectivity index (χ0) is 11.5. The van der Waals surface area contributed by atoms with Crippen LogP contribution in [-0.4, -0.2) is 20.5 Å². The maximum atomic E-state index is 13.3. The molecule has 0 aliphatic rings. The van der Waals surface area contributed by atoms with Gasteiger partial charge in [-0.1, -0.05) is 17.7 Å². The summed E-state index contributed by atoms with van der Waals surface area (Å²) in [5.41, 5.74) is 4.15. The van der Waals surface area contributed by atoms with Crippen LogP contribution in [0.5, 0.6) is 0 Å². The quantitative estimate of drug-likeness (QED) is 0.852. The van der Waals surface area contributed by atoms with Crippen LogP contribution in [0.3, 0.4) is 0 Å². The van der Waals surface area contributed by atoms with E-state index in [1.54, 1.807) is 12.1 Å². The summed E-state index contributed by atoms with van der Waals surface area (Å²) in [6, 6.07) is 6.10. The molecule has 0 fully saturated rings. The predicted molar refractivity (Wildman–Crippen MR) is 56.9 cm³/mol. The second-order valence-corrected chi connectivity index (χ2v) is 5.42. The average Bonchev–Trinajstić information content (AvgIpc) is 2.18. The van der Waals surface area contributed by atoms with Gasteiger partial charge in [-0.2, -0.15) is 0 Å². The Morgan fingerprint density at radius 3 is 2.33 bits per heavy atom. The van der Waals surface area contributed by atoms with E-state index < -0.39 is 15.3 Å². The van der Waals surface area contributed by atoms with Gasteiger partial charge < -0.3 is 5.73 Å². The molecule has 0 bridgehead atoms. The van der Waals surface area contributed by atoms with Crippen LogP contribution < -0.4 is 5.73 Å². The predicted octanol–water partition coefficient (Wildman–Crippen LogP) is 1.41. The largest absolute Gasteiger partial charge is 0.330 e. The van der Waals surface area contributed by atoms with Crippen LogP contribution in [0.15, 0.2) is 29.2 Å². The van der Waals surface area contributed by atoms with E-state index in [4.69, 9.17) is 5.73 Å². The molecule has 5 heteroatoms. The van der Waals surface area contributed by atoms with Crippen LogP contribution in [0, 0.1) is 6.92 Å². The van der Waals surface area contributed by atoms with E-state index in [9.17, 15) is 12.8 Å². The van der Waals surface area contributed by atoms with Crippen molar-refractivity contribution in [2.24, 2.45) is 5.73 Å². The van der Waals surface area contributed by atoms with E-state index in [-0.39, 0.29) is 17.9 Å². The van der Waals surface area contributed by atoms with Gasteiger partial charge in [0.2, 0.25) is 15.3 Å². The van der Waals surface area contributed by atoms with Gasteiger partial charge in [0.15, 0.2) is 0 Å². The minimum Gasteiger partial charge on any atom is -0.330 e. The van der Waals surface area contributed by atoms with Crippen molar-refractivity contribution in [3.05, 3.63) is 29.8 Å². The second kappa shape index (κ2) is 4.72. The smallest absolute Gasteiger partial charge is 0.210 e. The first-order valence-electron chi connectivity index (χ1n) is 4.63. The van der Waals surface area contributed by atoms with Gasteiger partial charge in [0.1, 0.15) is 0 Å². The lowest BCUT2D eigenvalue weighted by Crippen LogP contribution is -2.20. The normalized spacial score (nSPS) is 13.8. The second-order valence-electron chi connectivity index (χ2n) is 3.35. The van der Waals surface area contributed by atoms with Gasteiger partial charge in [-0.25, -0.2) is 12.8 Å². The lowest BCUT2D eigenvalue weighted by molar-refractivity contribution is 0.402. The molecular weight excluding hydrogens is 217 g/mol. The number of sulfone groups is 1. The Hall–Kier alpha value is -0.940. The molecule has 0 spiro atoms. The molecule has 1 atom stereocenters. The van der Waals surface area contributed by atoms with Crippen molar-refractivity contribution in [1.29, 1.82) is 0 Å². The Kier molecular flexibility index (Phi) is 3.82. The number of alkyl halides is 1. The lowest BCUT2D eigenvalue weighted by Gasteiger charge is -2.08. The summed E-state index contributed by atoms with van der Waals surface area (Å²) in [4.78, 5) is 0.00838. The van der Waals surface area contributed by atoms with Gasteiger partial charge in [-0.15, -0.1) is 0 Å². The fraction of sp³-hybridized carbons (Fsp3) is 0.400. The first-order valence-corrected chi connectivity index (χ1v) is 6.18. The van der Waals surface area contributed by atoms with Gasteiger partial charge in [-0.05, 0) is 25.6 Å². The van der Waals surface area contributed by atoms with E-state index in [0.29, 0.717) is 0 Å². The highest BCUT2D eigenvalue weighted by Crippen LogP contribution is 2.19. The summed E-state index contributed by atoms with van der Waals surface area (Å²) >= 11 is 0. The van der Waals surface area contributed by atoms with Crippen LogP contribution in [0.2, 0.25) is 0 Å². The van der Waals surface area contributed by atoms with E-state index in [1.165, 1.54) is 12.1 Å². The van der Waals surface area contributed by atoms with Crippen LogP contribution in [-0.2, 0) is 9.84 Å². The van der Waals surface area contributed by atoms with E-state index >= 15 is 0 Å². The van der Waals surface area contributed by atoms with Crippen LogP contribution in [0.1, 0.15) is 12.0 Å². The van der Waals surface area contributed by atoms with Gasteiger partial charge in [0.25, 0.3) is 0 Å². The topological polar surface area (TPSA) is 60.2 Å². The summed E-state index contributed by atoms with van der Waals surface area (Å²) in [6.07, 6.45) is -0.170. The number of hydrogen-bond donors (Lipinski definition) is 1. The Morgan fingerprint density at radius 2 is 1.87 bits per heavy atom. The Bertz CT molecular complexity index is 414. The minimum absolute atomic E-state index is 0.00838. The third-order valence-corrected chi connectivity index (χ3v) is 3.92. The van der Waals surface area contributed by atoms with Crippen molar-refractivity contribution >= 4 is 9.84 Å². The third kappa shape index (κ3) is 2.76. The maximum Gasteiger partial charge on any atom is 0.210 e. The van der Waals surface area contributed by atoms with E-state index in [1.807, 2.05) is 6.92 Å². The van der Waals surface area contributed by atoms with E-state index in [0.717, 1.165) is 5.56 Å². The molecular formula is C10H14FNO2S. The zero-order valence-electron chi connectivity index (χ0n) is 8.48. The van der Waals surface area contributed by atoms with Crippen molar-refractivity contribution in [3.8, 4) is 0 Å². The monoisotopic (exact) mass is 231 g/mol. The maximum absolute atomic E-state index is 13.3. The summed E-state index contributed by atoms with van der Waals surface area (Å²) in [7, 11) is -3.86. The van der Waals surface area contributed by atoms with Crippen LogP contribution in [0.25, 0.3) is 0 Å². The zero-order valence-corrected chi connectivity index (χ0v) is 9.30. The molecule has 0 saturated carbocycles. The number of halogens is 1. The molecule has 3 nitrogen and oxygen atoms in total. The first kappa shape index (κ1) is 12.1. The van der Waals surface area contributed by atoms with Crippen LogP contribution >= 0.6 is 0 Å². The Balaban J connectivity index is 3.01. The summed E-state index contributed by atoms with van der Waals surface area (Å²) in [5.74, 6) is 0. The summed E-state index contributed by atoms with van der Waals surface area (Å²) < 4.78 is 36.5. The molecule has 0 aliphatic carbocycles. The van der Waals surface area contributed by atoms with Gasteiger partial charge in [0.05, 0.1) is 4.90 Å². The fourth-order valence-corrected chi connectivity index (χ4v) is 2.42. The fourth-order valence-electron chi connectivity index (χ4n) is 1.16. The summed E-state index contributed by atoms with van der Waals surface area (Å²) in [6.45, 7) is 1.86. The number of rotatable bonds is 4. The highest BCUT2D eigenvalue weighted by Gasteiger charge is 2.25. The number of hydrogen-bond acceptors (Lipinski definition) is 3. The number of aryl methyl sites for hydroxylation is 1. The Labute approximate surface area is 89.0 Å². The molecule has 0 heterocycles. The van der Waals surface area contributed by atoms with E-state index in [2.05, 4.69) is 0 Å². The molecule has 1 aromatic rings. The molecule has 1 rings (SSSR count). The van der Waals surface area contributed by atoms with Gasteiger partial charge >= 0.3 is 0 Å².